The van der Waals surface area contributed by atoms with E-state index in [4.69, 9.17) is 4.74 Å². The van der Waals surface area contributed by atoms with E-state index in [2.05, 4.69) is 4.98 Å². The SMILES string of the molecule is Cn1c(COc2cccnc2)cc2c(F)cccc21. The monoisotopic (exact) mass is 256 g/mol. The predicted octanol–water partition coefficient (Wildman–Crippen LogP) is 3.29. The smallest absolute Gasteiger partial charge is 0.138 e. The third-order valence-corrected chi connectivity index (χ3v) is 3.15. The molecule has 0 aliphatic carbocycles. The van der Waals surface area contributed by atoms with Crippen molar-refractivity contribution in [2.45, 2.75) is 6.61 Å². The molecule has 2 aromatic heterocycles. The van der Waals surface area contributed by atoms with Crippen LogP contribution in [-0.4, -0.2) is 9.55 Å². The van der Waals surface area contributed by atoms with E-state index >= 15 is 0 Å². The third kappa shape index (κ3) is 2.17. The van der Waals surface area contributed by atoms with E-state index in [0.717, 1.165) is 11.2 Å². The van der Waals surface area contributed by atoms with Crippen molar-refractivity contribution in [2.24, 2.45) is 7.05 Å². The van der Waals surface area contributed by atoms with Gasteiger partial charge in [0.2, 0.25) is 0 Å². The molecule has 0 aliphatic rings. The Bertz CT molecular complexity index is 707. The first-order valence-corrected chi connectivity index (χ1v) is 6.01. The van der Waals surface area contributed by atoms with Gasteiger partial charge in [-0.3, -0.25) is 4.98 Å². The normalized spacial score (nSPS) is 10.8. The summed E-state index contributed by atoms with van der Waals surface area (Å²) in [6.45, 7) is 0.385. The lowest BCUT2D eigenvalue weighted by molar-refractivity contribution is 0.296. The van der Waals surface area contributed by atoms with Gasteiger partial charge in [0.1, 0.15) is 18.2 Å². The second-order valence-corrected chi connectivity index (χ2v) is 4.34. The molecular formula is C15H13FN2O. The predicted molar refractivity (Wildman–Crippen MR) is 71.4 cm³/mol. The summed E-state index contributed by atoms with van der Waals surface area (Å²) in [6.07, 6.45) is 3.35. The molecule has 19 heavy (non-hydrogen) atoms. The molecule has 0 saturated carbocycles. The second kappa shape index (κ2) is 4.72. The Morgan fingerprint density at radius 3 is 2.89 bits per heavy atom. The largest absolute Gasteiger partial charge is 0.486 e. The van der Waals surface area contributed by atoms with Gasteiger partial charge in [-0.15, -0.1) is 0 Å². The Hall–Kier alpha value is -2.36. The Morgan fingerprint density at radius 2 is 2.16 bits per heavy atom. The van der Waals surface area contributed by atoms with Crippen LogP contribution < -0.4 is 4.74 Å². The molecule has 96 valence electrons. The number of halogens is 1. The van der Waals surface area contributed by atoms with Crippen LogP contribution in [0, 0.1) is 5.82 Å². The van der Waals surface area contributed by atoms with Crippen molar-refractivity contribution in [3.8, 4) is 5.75 Å². The van der Waals surface area contributed by atoms with Crippen molar-refractivity contribution < 1.29 is 9.13 Å². The van der Waals surface area contributed by atoms with Crippen LogP contribution in [0.4, 0.5) is 4.39 Å². The molecule has 0 fully saturated rings. The summed E-state index contributed by atoms with van der Waals surface area (Å²) in [5.41, 5.74) is 1.79. The first kappa shape index (κ1) is 11.7. The number of fused-ring (bicyclic) bond motifs is 1. The van der Waals surface area contributed by atoms with Gasteiger partial charge >= 0.3 is 0 Å². The minimum Gasteiger partial charge on any atom is -0.486 e. The average Bonchev–Trinajstić information content (AvgIpc) is 2.77. The Morgan fingerprint density at radius 1 is 1.26 bits per heavy atom. The maximum atomic E-state index is 13.7. The quantitative estimate of drug-likeness (QED) is 0.719. The lowest BCUT2D eigenvalue weighted by Gasteiger charge is -2.06. The molecule has 0 saturated heterocycles. The van der Waals surface area contributed by atoms with Crippen molar-refractivity contribution in [2.75, 3.05) is 0 Å². The van der Waals surface area contributed by atoms with Gasteiger partial charge in [-0.2, -0.15) is 0 Å². The van der Waals surface area contributed by atoms with E-state index in [-0.39, 0.29) is 5.82 Å². The van der Waals surface area contributed by atoms with E-state index in [1.54, 1.807) is 18.5 Å². The third-order valence-electron chi connectivity index (χ3n) is 3.15. The molecule has 3 nitrogen and oxygen atoms in total. The van der Waals surface area contributed by atoms with E-state index in [1.165, 1.54) is 6.07 Å². The zero-order valence-corrected chi connectivity index (χ0v) is 10.5. The molecule has 0 amide bonds. The van der Waals surface area contributed by atoms with Gasteiger partial charge in [0, 0.05) is 18.6 Å². The molecule has 3 aromatic rings. The van der Waals surface area contributed by atoms with E-state index in [1.807, 2.05) is 35.9 Å². The fourth-order valence-electron chi connectivity index (χ4n) is 2.11. The van der Waals surface area contributed by atoms with Gasteiger partial charge in [0.25, 0.3) is 0 Å². The van der Waals surface area contributed by atoms with Crippen LogP contribution in [-0.2, 0) is 13.7 Å². The summed E-state index contributed by atoms with van der Waals surface area (Å²) in [7, 11) is 1.91. The summed E-state index contributed by atoms with van der Waals surface area (Å²) in [6, 6.07) is 10.6. The topological polar surface area (TPSA) is 27.1 Å². The standard InChI is InChI=1S/C15H13FN2O/c1-18-11(10-19-12-4-3-7-17-9-12)8-13-14(16)5-2-6-15(13)18/h2-9H,10H2,1H3. The summed E-state index contributed by atoms with van der Waals surface area (Å²) in [5.74, 6) is 0.494. The number of aromatic nitrogens is 2. The molecule has 0 spiro atoms. The van der Waals surface area contributed by atoms with Gasteiger partial charge in [-0.1, -0.05) is 6.07 Å². The second-order valence-electron chi connectivity index (χ2n) is 4.34. The fraction of sp³-hybridized carbons (Fsp3) is 0.133. The molecule has 4 heteroatoms. The molecule has 0 atom stereocenters. The van der Waals surface area contributed by atoms with Gasteiger partial charge in [0.05, 0.1) is 17.4 Å². The van der Waals surface area contributed by atoms with Gasteiger partial charge in [0.15, 0.2) is 0 Å². The van der Waals surface area contributed by atoms with Crippen LogP contribution in [0.2, 0.25) is 0 Å². The maximum Gasteiger partial charge on any atom is 0.138 e. The highest BCUT2D eigenvalue weighted by Crippen LogP contribution is 2.22. The van der Waals surface area contributed by atoms with E-state index in [9.17, 15) is 4.39 Å². The van der Waals surface area contributed by atoms with Crippen molar-refractivity contribution in [1.29, 1.82) is 0 Å². The maximum absolute atomic E-state index is 13.7. The lowest BCUT2D eigenvalue weighted by Crippen LogP contribution is -2.01. The minimum atomic E-state index is -0.208. The number of nitrogens with zero attached hydrogens (tertiary/aromatic N) is 2. The number of hydrogen-bond donors (Lipinski definition) is 0. The van der Waals surface area contributed by atoms with Crippen molar-refractivity contribution in [1.82, 2.24) is 9.55 Å². The number of pyridine rings is 1. The highest BCUT2D eigenvalue weighted by Gasteiger charge is 2.09. The van der Waals surface area contributed by atoms with E-state index in [0.29, 0.717) is 17.7 Å². The van der Waals surface area contributed by atoms with Crippen LogP contribution in [0.25, 0.3) is 10.9 Å². The molecule has 0 unspecified atom stereocenters. The van der Waals surface area contributed by atoms with Crippen molar-refractivity contribution >= 4 is 10.9 Å². The fourth-order valence-corrected chi connectivity index (χ4v) is 2.11. The number of rotatable bonds is 3. The molecule has 1 aromatic carbocycles. The number of hydrogen-bond acceptors (Lipinski definition) is 2. The van der Waals surface area contributed by atoms with Crippen LogP contribution >= 0.6 is 0 Å². The first-order chi connectivity index (χ1) is 9.25. The van der Waals surface area contributed by atoms with Gasteiger partial charge in [-0.05, 0) is 30.3 Å². The highest BCUT2D eigenvalue weighted by molar-refractivity contribution is 5.81. The zero-order valence-electron chi connectivity index (χ0n) is 10.5. The Balaban J connectivity index is 1.89. The van der Waals surface area contributed by atoms with Crippen molar-refractivity contribution in [3.63, 3.8) is 0 Å². The summed E-state index contributed by atoms with van der Waals surface area (Å²) < 4.78 is 21.3. The Labute approximate surface area is 110 Å². The highest BCUT2D eigenvalue weighted by atomic mass is 19.1. The summed E-state index contributed by atoms with van der Waals surface area (Å²) in [5, 5.41) is 0.620. The van der Waals surface area contributed by atoms with Gasteiger partial charge < -0.3 is 9.30 Å². The molecule has 0 aliphatic heterocycles. The molecule has 0 radical (unpaired) electrons. The summed E-state index contributed by atoms with van der Waals surface area (Å²) >= 11 is 0. The molecule has 0 bridgehead atoms. The average molecular weight is 256 g/mol. The molecule has 3 rings (SSSR count). The van der Waals surface area contributed by atoms with Crippen LogP contribution in [0.15, 0.2) is 48.8 Å². The van der Waals surface area contributed by atoms with Crippen LogP contribution in [0.5, 0.6) is 5.75 Å². The zero-order chi connectivity index (χ0) is 13.2. The lowest BCUT2D eigenvalue weighted by atomic mass is 10.2. The van der Waals surface area contributed by atoms with Crippen LogP contribution in [0.3, 0.4) is 0 Å². The first-order valence-electron chi connectivity index (χ1n) is 6.01. The van der Waals surface area contributed by atoms with Crippen LogP contribution in [0.1, 0.15) is 5.69 Å². The molecular weight excluding hydrogens is 243 g/mol. The number of benzene rings is 1. The van der Waals surface area contributed by atoms with Crippen molar-refractivity contribution in [3.05, 3.63) is 60.3 Å². The summed E-state index contributed by atoms with van der Waals surface area (Å²) in [4.78, 5) is 3.98. The molecule has 0 N–H and O–H groups in total. The molecule has 2 heterocycles. The minimum absolute atomic E-state index is 0.208. The Kier molecular flexibility index (Phi) is 2.91. The number of ether oxygens (including phenoxy) is 1. The van der Waals surface area contributed by atoms with E-state index < -0.39 is 0 Å². The van der Waals surface area contributed by atoms with Gasteiger partial charge in [-0.25, -0.2) is 4.39 Å². The number of aryl methyl sites for hydroxylation is 1.